The van der Waals surface area contributed by atoms with Crippen LogP contribution >= 0.6 is 15.9 Å². The maximum Gasteiger partial charge on any atom is 0.272 e. The first-order chi connectivity index (χ1) is 9.06. The highest BCUT2D eigenvalue weighted by Crippen LogP contribution is 2.26. The Morgan fingerprint density at radius 1 is 1.37 bits per heavy atom. The Kier molecular flexibility index (Phi) is 4.58. The molecule has 102 valence electrons. The van der Waals surface area contributed by atoms with Crippen molar-refractivity contribution in [3.8, 4) is 5.75 Å². The summed E-state index contributed by atoms with van der Waals surface area (Å²) in [5.41, 5.74) is 2.86. The van der Waals surface area contributed by atoms with Crippen molar-refractivity contribution in [3.63, 3.8) is 0 Å². The zero-order chi connectivity index (χ0) is 13.8. The van der Waals surface area contributed by atoms with Crippen molar-refractivity contribution < 1.29 is 13.5 Å². The lowest BCUT2D eigenvalue weighted by Gasteiger charge is -2.22. The van der Waals surface area contributed by atoms with Gasteiger partial charge in [0.2, 0.25) is 0 Å². The largest absolute Gasteiger partial charge is 0.488 e. The summed E-state index contributed by atoms with van der Waals surface area (Å²) >= 11 is 3.50. The van der Waals surface area contributed by atoms with Crippen LogP contribution < -0.4 is 10.1 Å². The molecule has 0 radical (unpaired) electrons. The number of hydrogen-bond acceptors (Lipinski definition) is 2. The molecule has 0 bridgehead atoms. The summed E-state index contributed by atoms with van der Waals surface area (Å²) < 4.78 is 29.0. The van der Waals surface area contributed by atoms with E-state index in [2.05, 4.69) is 33.9 Å². The van der Waals surface area contributed by atoms with Crippen molar-refractivity contribution in [2.75, 3.05) is 6.61 Å². The molecule has 1 atom stereocenters. The topological polar surface area (TPSA) is 21.3 Å². The molecule has 0 spiro atoms. The lowest BCUT2D eigenvalue weighted by atomic mass is 10.1. The molecule has 1 N–H and O–H groups in total. The second-order valence-electron chi connectivity index (χ2n) is 4.20. The van der Waals surface area contributed by atoms with Crippen LogP contribution in [0, 0.1) is 0 Å². The molecule has 0 saturated carbocycles. The molecular weight excluding hydrogens is 316 g/mol. The third-order valence-corrected chi connectivity index (χ3v) is 3.67. The Bertz CT molecular complexity index is 485. The number of benzene rings is 1. The quantitative estimate of drug-likeness (QED) is 0.845. The Labute approximate surface area is 119 Å². The molecule has 5 heteroatoms. The van der Waals surface area contributed by atoms with Gasteiger partial charge in [-0.2, -0.15) is 0 Å². The lowest BCUT2D eigenvalue weighted by Crippen LogP contribution is -2.22. The van der Waals surface area contributed by atoms with Gasteiger partial charge in [-0.3, -0.25) is 0 Å². The number of rotatable bonds is 4. The minimum Gasteiger partial charge on any atom is -0.488 e. The van der Waals surface area contributed by atoms with E-state index in [1.165, 1.54) is 0 Å². The van der Waals surface area contributed by atoms with E-state index >= 15 is 0 Å². The van der Waals surface area contributed by atoms with E-state index in [9.17, 15) is 8.78 Å². The Hall–Kier alpha value is -1.36. The molecule has 1 heterocycles. The van der Waals surface area contributed by atoms with Crippen molar-refractivity contribution in [3.05, 3.63) is 48.2 Å². The van der Waals surface area contributed by atoms with Gasteiger partial charge in [0.1, 0.15) is 12.4 Å². The molecule has 0 amide bonds. The number of alkyl halides is 3. The Morgan fingerprint density at radius 2 is 2.05 bits per heavy atom. The van der Waals surface area contributed by atoms with Crippen LogP contribution in [0.25, 0.3) is 5.70 Å². The SMILES string of the molecule is C=C1NC(c2ccc(OCC(F)F)cc2)=CCC1Br. The van der Waals surface area contributed by atoms with Gasteiger partial charge in [-0.1, -0.05) is 28.6 Å². The average molecular weight is 330 g/mol. The van der Waals surface area contributed by atoms with E-state index < -0.39 is 13.0 Å². The fourth-order valence-electron chi connectivity index (χ4n) is 1.75. The third kappa shape index (κ3) is 3.80. The molecule has 0 aromatic heterocycles. The summed E-state index contributed by atoms with van der Waals surface area (Å²) in [4.78, 5) is 0.241. The molecule has 19 heavy (non-hydrogen) atoms. The molecule has 0 saturated heterocycles. The fraction of sp³-hybridized carbons (Fsp3) is 0.286. The van der Waals surface area contributed by atoms with Crippen molar-refractivity contribution in [1.82, 2.24) is 5.32 Å². The minimum absolute atomic E-state index is 0.241. The number of ether oxygens (including phenoxy) is 1. The first kappa shape index (κ1) is 14.1. The Morgan fingerprint density at radius 3 is 2.63 bits per heavy atom. The van der Waals surface area contributed by atoms with Crippen LogP contribution in [0.2, 0.25) is 0 Å². The summed E-state index contributed by atoms with van der Waals surface area (Å²) in [5, 5.41) is 3.21. The monoisotopic (exact) mass is 329 g/mol. The van der Waals surface area contributed by atoms with Crippen LogP contribution in [0.5, 0.6) is 5.75 Å². The van der Waals surface area contributed by atoms with Crippen LogP contribution in [0.15, 0.2) is 42.6 Å². The van der Waals surface area contributed by atoms with Gasteiger partial charge in [0.25, 0.3) is 6.43 Å². The van der Waals surface area contributed by atoms with E-state index in [4.69, 9.17) is 4.74 Å². The first-order valence-electron chi connectivity index (χ1n) is 5.87. The maximum atomic E-state index is 12.0. The van der Waals surface area contributed by atoms with Crippen LogP contribution in [-0.4, -0.2) is 17.9 Å². The van der Waals surface area contributed by atoms with Gasteiger partial charge < -0.3 is 10.1 Å². The molecule has 0 fully saturated rings. The van der Waals surface area contributed by atoms with Crippen LogP contribution in [-0.2, 0) is 0 Å². The average Bonchev–Trinajstić information content (AvgIpc) is 2.40. The molecule has 0 aliphatic carbocycles. The van der Waals surface area contributed by atoms with E-state index in [1.54, 1.807) is 12.1 Å². The summed E-state index contributed by atoms with van der Waals surface area (Å²) in [6.07, 6.45) is 0.482. The zero-order valence-electron chi connectivity index (χ0n) is 10.2. The molecule has 1 aliphatic rings. The first-order valence-corrected chi connectivity index (χ1v) is 6.79. The van der Waals surface area contributed by atoms with Crippen molar-refractivity contribution in [1.29, 1.82) is 0 Å². The standard InChI is InChI=1S/C14H14BrF2NO/c1-9-12(15)6-7-13(18-9)10-2-4-11(5-3-10)19-8-14(16)17/h2-5,7,12,14,18H,1,6,8H2. The Balaban J connectivity index is 2.04. The molecule has 2 rings (SSSR count). The van der Waals surface area contributed by atoms with Crippen molar-refractivity contribution in [2.24, 2.45) is 0 Å². The minimum atomic E-state index is -2.46. The molecule has 1 aromatic rings. The van der Waals surface area contributed by atoms with Gasteiger partial charge in [-0.05, 0) is 36.2 Å². The summed E-state index contributed by atoms with van der Waals surface area (Å²) in [6, 6.07) is 7.04. The van der Waals surface area contributed by atoms with Crippen LogP contribution in [0.1, 0.15) is 12.0 Å². The second-order valence-corrected chi connectivity index (χ2v) is 5.30. The van der Waals surface area contributed by atoms with Gasteiger partial charge in [0.05, 0.1) is 4.83 Å². The normalized spacial score (nSPS) is 19.1. The van der Waals surface area contributed by atoms with E-state index in [0.717, 1.165) is 23.4 Å². The molecule has 2 nitrogen and oxygen atoms in total. The highest BCUT2D eigenvalue weighted by atomic mass is 79.9. The summed E-state index contributed by atoms with van der Waals surface area (Å²) in [5.74, 6) is 0.442. The van der Waals surface area contributed by atoms with Crippen molar-refractivity contribution >= 4 is 21.6 Å². The molecule has 1 aromatic carbocycles. The van der Waals surface area contributed by atoms with E-state index in [1.807, 2.05) is 12.1 Å². The number of halogens is 3. The second kappa shape index (κ2) is 6.19. The van der Waals surface area contributed by atoms with Gasteiger partial charge >= 0.3 is 0 Å². The third-order valence-electron chi connectivity index (χ3n) is 2.74. The zero-order valence-corrected chi connectivity index (χ0v) is 11.8. The highest BCUT2D eigenvalue weighted by molar-refractivity contribution is 9.09. The molecule has 1 aliphatic heterocycles. The molecule has 1 unspecified atom stereocenters. The van der Waals surface area contributed by atoms with Gasteiger partial charge in [0, 0.05) is 11.4 Å². The van der Waals surface area contributed by atoms with Crippen molar-refractivity contribution in [2.45, 2.75) is 17.7 Å². The van der Waals surface area contributed by atoms with Gasteiger partial charge in [-0.25, -0.2) is 8.78 Å². The van der Waals surface area contributed by atoms with E-state index in [0.29, 0.717) is 5.75 Å². The van der Waals surface area contributed by atoms with Crippen LogP contribution in [0.3, 0.4) is 0 Å². The number of hydrogen-bond donors (Lipinski definition) is 1. The van der Waals surface area contributed by atoms with Gasteiger partial charge in [0.15, 0.2) is 0 Å². The highest BCUT2D eigenvalue weighted by Gasteiger charge is 2.15. The predicted molar refractivity (Wildman–Crippen MR) is 75.5 cm³/mol. The predicted octanol–water partition coefficient (Wildman–Crippen LogP) is 3.94. The van der Waals surface area contributed by atoms with E-state index in [-0.39, 0.29) is 4.83 Å². The maximum absolute atomic E-state index is 12.0. The molecular formula is C14H14BrF2NO. The smallest absolute Gasteiger partial charge is 0.272 e. The lowest BCUT2D eigenvalue weighted by molar-refractivity contribution is 0.0819. The number of nitrogens with one attached hydrogen (secondary N) is 1. The fourth-order valence-corrected chi connectivity index (χ4v) is 2.05. The van der Waals surface area contributed by atoms with Crippen LogP contribution in [0.4, 0.5) is 8.78 Å². The summed E-state index contributed by atoms with van der Waals surface area (Å²) in [7, 11) is 0. The van der Waals surface area contributed by atoms with Gasteiger partial charge in [-0.15, -0.1) is 0 Å². The summed E-state index contributed by atoms with van der Waals surface area (Å²) in [6.45, 7) is 3.35. The number of allylic oxidation sites excluding steroid dienone is 2.